The molecule has 0 aromatic carbocycles. The number of nitrogens with zero attached hydrogens (tertiary/aromatic N) is 3. The second-order valence-corrected chi connectivity index (χ2v) is 8.35. The standard InChI is InChI=1S/C20H25N3O3S/c1-11(2)23-9-14(10-24)17-16(23)8-7-15(21-17)19-22(6)13(5)18(27-19)20(25)26-12(3)4/h7-12,19H,1-6H3. The number of pyridine rings is 1. The molecule has 0 aliphatic carbocycles. The highest BCUT2D eigenvalue weighted by Gasteiger charge is 2.34. The van der Waals surface area contributed by atoms with Gasteiger partial charge in [-0.25, -0.2) is 9.78 Å². The maximum Gasteiger partial charge on any atom is 0.346 e. The molecule has 7 heteroatoms. The molecule has 0 amide bonds. The first kappa shape index (κ1) is 19.5. The zero-order valence-corrected chi connectivity index (χ0v) is 17.3. The quantitative estimate of drug-likeness (QED) is 0.563. The molecule has 6 nitrogen and oxygen atoms in total. The Morgan fingerprint density at radius 1 is 1.30 bits per heavy atom. The third kappa shape index (κ3) is 3.48. The SMILES string of the molecule is CC1=C(C(=O)OC(C)C)SC(c2ccc3c(n2)c(C=O)cn3C(C)C)N1C. The summed E-state index contributed by atoms with van der Waals surface area (Å²) in [4.78, 5) is 31.3. The van der Waals surface area contributed by atoms with Crippen molar-refractivity contribution in [1.82, 2.24) is 14.5 Å². The lowest BCUT2D eigenvalue weighted by atomic mass is 10.2. The largest absolute Gasteiger partial charge is 0.459 e. The van der Waals surface area contributed by atoms with E-state index in [-0.39, 0.29) is 23.5 Å². The fourth-order valence-electron chi connectivity index (χ4n) is 3.15. The van der Waals surface area contributed by atoms with Crippen LogP contribution in [-0.4, -0.2) is 39.9 Å². The Hall–Kier alpha value is -2.28. The lowest BCUT2D eigenvalue weighted by molar-refractivity contribution is -0.141. The number of esters is 1. The van der Waals surface area contributed by atoms with Gasteiger partial charge >= 0.3 is 5.97 Å². The second-order valence-electron chi connectivity index (χ2n) is 7.26. The van der Waals surface area contributed by atoms with Crippen molar-refractivity contribution in [3.05, 3.63) is 40.2 Å². The second kappa shape index (κ2) is 7.38. The Bertz CT molecular complexity index is 930. The smallest absolute Gasteiger partial charge is 0.346 e. The number of allylic oxidation sites excluding steroid dienone is 1. The topological polar surface area (TPSA) is 64.4 Å². The third-order valence-electron chi connectivity index (χ3n) is 4.63. The van der Waals surface area contributed by atoms with E-state index in [4.69, 9.17) is 9.72 Å². The molecule has 2 aromatic heterocycles. The van der Waals surface area contributed by atoms with Gasteiger partial charge < -0.3 is 14.2 Å². The van der Waals surface area contributed by atoms with Gasteiger partial charge in [-0.1, -0.05) is 11.8 Å². The molecule has 3 rings (SSSR count). The highest BCUT2D eigenvalue weighted by atomic mass is 32.2. The summed E-state index contributed by atoms with van der Waals surface area (Å²) in [6, 6.07) is 4.20. The van der Waals surface area contributed by atoms with Crippen LogP contribution in [0.2, 0.25) is 0 Å². The van der Waals surface area contributed by atoms with Gasteiger partial charge in [0.05, 0.1) is 28.4 Å². The fourth-order valence-corrected chi connectivity index (χ4v) is 4.40. The Balaban J connectivity index is 1.97. The van der Waals surface area contributed by atoms with Crippen molar-refractivity contribution in [3.8, 4) is 0 Å². The molecule has 144 valence electrons. The van der Waals surface area contributed by atoms with E-state index in [9.17, 15) is 9.59 Å². The van der Waals surface area contributed by atoms with Gasteiger partial charge in [0.2, 0.25) is 0 Å². The van der Waals surface area contributed by atoms with E-state index < -0.39 is 0 Å². The maximum absolute atomic E-state index is 12.4. The molecule has 0 saturated carbocycles. The van der Waals surface area contributed by atoms with Gasteiger partial charge in [0.15, 0.2) is 6.29 Å². The van der Waals surface area contributed by atoms with Crippen molar-refractivity contribution in [3.63, 3.8) is 0 Å². The number of aldehydes is 1. The molecule has 1 aliphatic rings. The molecule has 0 bridgehead atoms. The Morgan fingerprint density at radius 3 is 2.59 bits per heavy atom. The molecule has 0 fully saturated rings. The van der Waals surface area contributed by atoms with E-state index in [1.807, 2.05) is 51.0 Å². The summed E-state index contributed by atoms with van der Waals surface area (Å²) in [5, 5.41) is -0.133. The van der Waals surface area contributed by atoms with Gasteiger partial charge in [0.1, 0.15) is 10.3 Å². The summed E-state index contributed by atoms with van der Waals surface area (Å²) in [5.74, 6) is -0.303. The van der Waals surface area contributed by atoms with E-state index in [0.29, 0.717) is 16.0 Å². The number of carbonyl (C=O) groups excluding carboxylic acids is 2. The number of carbonyl (C=O) groups is 2. The van der Waals surface area contributed by atoms with Crippen LogP contribution in [0.25, 0.3) is 11.0 Å². The van der Waals surface area contributed by atoms with Gasteiger partial charge in [-0.15, -0.1) is 0 Å². The van der Waals surface area contributed by atoms with Gasteiger partial charge in [0, 0.05) is 25.0 Å². The van der Waals surface area contributed by atoms with Crippen LogP contribution in [0.3, 0.4) is 0 Å². The minimum Gasteiger partial charge on any atom is -0.459 e. The molecule has 2 aromatic rings. The molecule has 1 atom stereocenters. The van der Waals surface area contributed by atoms with Crippen LogP contribution in [0.4, 0.5) is 0 Å². The van der Waals surface area contributed by atoms with Crippen LogP contribution in [0.15, 0.2) is 28.9 Å². The molecule has 0 N–H and O–H groups in total. The number of ether oxygens (including phenoxy) is 1. The van der Waals surface area contributed by atoms with Gasteiger partial charge in [-0.3, -0.25) is 4.79 Å². The highest BCUT2D eigenvalue weighted by Crippen LogP contribution is 2.46. The summed E-state index contributed by atoms with van der Waals surface area (Å²) < 4.78 is 7.41. The lowest BCUT2D eigenvalue weighted by Gasteiger charge is -2.22. The number of hydrogen-bond donors (Lipinski definition) is 0. The number of rotatable bonds is 5. The van der Waals surface area contributed by atoms with Crippen LogP contribution in [0, 0.1) is 0 Å². The van der Waals surface area contributed by atoms with Crippen molar-refractivity contribution >= 4 is 35.1 Å². The van der Waals surface area contributed by atoms with Crippen LogP contribution < -0.4 is 0 Å². The van der Waals surface area contributed by atoms with Gasteiger partial charge in [-0.05, 0) is 46.8 Å². The molecule has 1 aliphatic heterocycles. The minimum atomic E-state index is -0.303. The van der Waals surface area contributed by atoms with Crippen LogP contribution in [0.5, 0.6) is 0 Å². The van der Waals surface area contributed by atoms with Crippen molar-refractivity contribution in [2.24, 2.45) is 0 Å². The van der Waals surface area contributed by atoms with Crippen molar-refractivity contribution in [1.29, 1.82) is 0 Å². The first-order chi connectivity index (χ1) is 12.7. The molecule has 27 heavy (non-hydrogen) atoms. The van der Waals surface area contributed by atoms with Crippen LogP contribution >= 0.6 is 11.8 Å². The zero-order chi connectivity index (χ0) is 19.9. The van der Waals surface area contributed by atoms with E-state index in [0.717, 1.165) is 23.2 Å². The summed E-state index contributed by atoms with van der Waals surface area (Å²) >= 11 is 1.44. The Morgan fingerprint density at radius 2 is 2.00 bits per heavy atom. The Kier molecular flexibility index (Phi) is 5.33. The molecule has 1 unspecified atom stereocenters. The third-order valence-corrected chi connectivity index (χ3v) is 6.11. The zero-order valence-electron chi connectivity index (χ0n) is 16.5. The predicted molar refractivity (Wildman–Crippen MR) is 108 cm³/mol. The Labute approximate surface area is 163 Å². The van der Waals surface area contributed by atoms with Crippen molar-refractivity contribution < 1.29 is 14.3 Å². The number of fused-ring (bicyclic) bond motifs is 1. The van der Waals surface area contributed by atoms with E-state index in [2.05, 4.69) is 18.4 Å². The fraction of sp³-hybridized carbons (Fsp3) is 0.450. The van der Waals surface area contributed by atoms with Crippen molar-refractivity contribution in [2.45, 2.75) is 52.1 Å². The van der Waals surface area contributed by atoms with Gasteiger partial charge in [0.25, 0.3) is 0 Å². The average molecular weight is 388 g/mol. The summed E-state index contributed by atoms with van der Waals surface area (Å²) in [5.41, 5.74) is 3.89. The molecular formula is C20H25N3O3S. The van der Waals surface area contributed by atoms with Gasteiger partial charge in [-0.2, -0.15) is 0 Å². The molecule has 3 heterocycles. The number of hydrogen-bond acceptors (Lipinski definition) is 6. The maximum atomic E-state index is 12.4. The monoisotopic (exact) mass is 387 g/mol. The first-order valence-electron chi connectivity index (χ1n) is 9.02. The highest BCUT2D eigenvalue weighted by molar-refractivity contribution is 8.04. The first-order valence-corrected chi connectivity index (χ1v) is 9.90. The number of aromatic nitrogens is 2. The molecular weight excluding hydrogens is 362 g/mol. The van der Waals surface area contributed by atoms with E-state index in [1.165, 1.54) is 11.8 Å². The van der Waals surface area contributed by atoms with Crippen LogP contribution in [-0.2, 0) is 9.53 Å². The number of thioether (sulfide) groups is 1. The summed E-state index contributed by atoms with van der Waals surface area (Å²) in [6.07, 6.45) is 2.53. The van der Waals surface area contributed by atoms with Crippen LogP contribution in [0.1, 0.15) is 62.1 Å². The summed E-state index contributed by atoms with van der Waals surface area (Å²) in [7, 11) is 1.94. The van der Waals surface area contributed by atoms with Crippen molar-refractivity contribution in [2.75, 3.05) is 7.05 Å². The molecule has 0 saturated heterocycles. The minimum absolute atomic E-state index is 0.133. The normalized spacial score (nSPS) is 17.5. The predicted octanol–water partition coefficient (Wildman–Crippen LogP) is 4.29. The van der Waals surface area contributed by atoms with E-state index >= 15 is 0 Å². The molecule has 0 spiro atoms. The lowest BCUT2D eigenvalue weighted by Crippen LogP contribution is -2.17. The summed E-state index contributed by atoms with van der Waals surface area (Å²) in [6.45, 7) is 9.73. The van der Waals surface area contributed by atoms with E-state index in [1.54, 1.807) is 0 Å². The average Bonchev–Trinajstić information content (AvgIpc) is 3.12. The molecule has 0 radical (unpaired) electrons.